The maximum absolute atomic E-state index is 4.43. The third-order valence-electron chi connectivity index (χ3n) is 4.15. The summed E-state index contributed by atoms with van der Waals surface area (Å²) in [6.45, 7) is 8.22. The van der Waals surface area contributed by atoms with E-state index in [1.54, 1.807) is 11.8 Å². The normalized spacial score (nSPS) is 16.8. The van der Waals surface area contributed by atoms with Crippen LogP contribution in [0, 0.1) is 11.8 Å². The fourth-order valence-electron chi connectivity index (χ4n) is 3.10. The van der Waals surface area contributed by atoms with Gasteiger partial charge < -0.3 is 10.2 Å². The smallest absolute Gasteiger partial charge is 0.210 e. The Balaban J connectivity index is 1.52. The average molecular weight is 332 g/mol. The van der Waals surface area contributed by atoms with E-state index in [0.717, 1.165) is 34.9 Å². The highest BCUT2D eigenvalue weighted by molar-refractivity contribution is 7.13. The molecule has 0 aromatic carbocycles. The summed E-state index contributed by atoms with van der Waals surface area (Å²) in [7, 11) is 0. The Morgan fingerprint density at radius 2 is 2.13 bits per heavy atom. The number of anilines is 2. The molecule has 0 saturated carbocycles. The third kappa shape index (κ3) is 4.94. The van der Waals surface area contributed by atoms with Gasteiger partial charge in [-0.15, -0.1) is 10.2 Å². The SMILES string of the molecule is CC(C)CN1CCC(Cc2cc(Nc3nncs3)ncn2)CC1. The van der Waals surface area contributed by atoms with E-state index in [2.05, 4.69) is 44.2 Å². The van der Waals surface area contributed by atoms with Crippen molar-refractivity contribution in [3.05, 3.63) is 23.6 Å². The summed E-state index contributed by atoms with van der Waals surface area (Å²) >= 11 is 1.46. The summed E-state index contributed by atoms with van der Waals surface area (Å²) in [4.78, 5) is 11.3. The van der Waals surface area contributed by atoms with Crippen LogP contribution < -0.4 is 5.32 Å². The van der Waals surface area contributed by atoms with Crippen molar-refractivity contribution < 1.29 is 0 Å². The van der Waals surface area contributed by atoms with E-state index in [1.165, 1.54) is 43.8 Å². The predicted molar refractivity (Wildman–Crippen MR) is 92.9 cm³/mol. The van der Waals surface area contributed by atoms with Gasteiger partial charge in [-0.25, -0.2) is 9.97 Å². The van der Waals surface area contributed by atoms with E-state index in [1.807, 2.05) is 6.07 Å². The zero-order chi connectivity index (χ0) is 16.1. The van der Waals surface area contributed by atoms with Crippen molar-refractivity contribution in [1.29, 1.82) is 0 Å². The summed E-state index contributed by atoms with van der Waals surface area (Å²) in [6.07, 6.45) is 5.18. The molecule has 0 unspecified atom stereocenters. The Bertz CT molecular complexity index is 592. The number of likely N-dealkylation sites (tertiary alicyclic amines) is 1. The van der Waals surface area contributed by atoms with E-state index in [9.17, 15) is 0 Å². The first-order valence-corrected chi connectivity index (χ1v) is 9.13. The van der Waals surface area contributed by atoms with Crippen LogP contribution >= 0.6 is 11.3 Å². The first kappa shape index (κ1) is 16.3. The van der Waals surface area contributed by atoms with Crippen LogP contribution in [0.1, 0.15) is 32.4 Å². The van der Waals surface area contributed by atoms with Crippen LogP contribution in [0.2, 0.25) is 0 Å². The van der Waals surface area contributed by atoms with Gasteiger partial charge in [-0.2, -0.15) is 0 Å². The van der Waals surface area contributed by atoms with Crippen LogP contribution in [0.3, 0.4) is 0 Å². The van der Waals surface area contributed by atoms with Crippen LogP contribution in [-0.2, 0) is 6.42 Å². The number of aromatic nitrogens is 4. The molecule has 3 heterocycles. The number of nitrogens with zero attached hydrogens (tertiary/aromatic N) is 5. The number of piperidine rings is 1. The Labute approximate surface area is 141 Å². The minimum Gasteiger partial charge on any atom is -0.315 e. The Morgan fingerprint density at radius 1 is 1.30 bits per heavy atom. The lowest BCUT2D eigenvalue weighted by atomic mass is 9.91. The molecule has 1 N–H and O–H groups in total. The second-order valence-electron chi connectivity index (χ2n) is 6.61. The molecule has 23 heavy (non-hydrogen) atoms. The minimum absolute atomic E-state index is 0.725. The zero-order valence-electron chi connectivity index (χ0n) is 13.8. The van der Waals surface area contributed by atoms with Gasteiger partial charge in [0.2, 0.25) is 5.13 Å². The Morgan fingerprint density at radius 3 is 2.83 bits per heavy atom. The van der Waals surface area contributed by atoms with Crippen molar-refractivity contribution >= 4 is 22.3 Å². The first-order chi connectivity index (χ1) is 11.2. The lowest BCUT2D eigenvalue weighted by molar-refractivity contribution is 0.167. The molecule has 0 aliphatic carbocycles. The topological polar surface area (TPSA) is 66.8 Å². The lowest BCUT2D eigenvalue weighted by Gasteiger charge is -2.32. The molecule has 1 saturated heterocycles. The summed E-state index contributed by atoms with van der Waals surface area (Å²) in [5, 5.41) is 11.7. The number of hydrogen-bond acceptors (Lipinski definition) is 7. The molecule has 7 heteroatoms. The second kappa shape index (κ2) is 7.79. The summed E-state index contributed by atoms with van der Waals surface area (Å²) in [6, 6.07) is 2.03. The maximum Gasteiger partial charge on any atom is 0.210 e. The van der Waals surface area contributed by atoms with Crippen LogP contribution in [-0.4, -0.2) is 44.7 Å². The molecular formula is C16H24N6S. The molecule has 0 spiro atoms. The fourth-order valence-corrected chi connectivity index (χ4v) is 3.55. The molecule has 0 atom stereocenters. The van der Waals surface area contributed by atoms with Crippen molar-refractivity contribution in [2.75, 3.05) is 25.0 Å². The van der Waals surface area contributed by atoms with Gasteiger partial charge in [0.25, 0.3) is 0 Å². The highest BCUT2D eigenvalue weighted by atomic mass is 32.1. The molecule has 2 aromatic heterocycles. The number of rotatable bonds is 6. The molecule has 0 radical (unpaired) electrons. The van der Waals surface area contributed by atoms with Gasteiger partial charge in [-0.3, -0.25) is 0 Å². The second-order valence-corrected chi connectivity index (χ2v) is 7.44. The third-order valence-corrected chi connectivity index (χ3v) is 4.75. The Hall–Kier alpha value is -1.60. The summed E-state index contributed by atoms with van der Waals surface area (Å²) in [5.41, 5.74) is 2.81. The summed E-state index contributed by atoms with van der Waals surface area (Å²) in [5.74, 6) is 2.27. The number of nitrogens with one attached hydrogen (secondary N) is 1. The first-order valence-electron chi connectivity index (χ1n) is 8.25. The predicted octanol–water partition coefficient (Wildman–Crippen LogP) is 2.98. The van der Waals surface area contributed by atoms with Crippen molar-refractivity contribution in [3.8, 4) is 0 Å². The van der Waals surface area contributed by atoms with Crippen LogP contribution in [0.15, 0.2) is 17.9 Å². The van der Waals surface area contributed by atoms with E-state index in [-0.39, 0.29) is 0 Å². The highest BCUT2D eigenvalue weighted by Gasteiger charge is 2.20. The van der Waals surface area contributed by atoms with Crippen molar-refractivity contribution in [2.24, 2.45) is 11.8 Å². The zero-order valence-corrected chi connectivity index (χ0v) is 14.6. The summed E-state index contributed by atoms with van der Waals surface area (Å²) < 4.78 is 0. The molecule has 2 aromatic rings. The van der Waals surface area contributed by atoms with Gasteiger partial charge in [0.05, 0.1) is 0 Å². The largest absolute Gasteiger partial charge is 0.315 e. The quantitative estimate of drug-likeness (QED) is 0.877. The van der Waals surface area contributed by atoms with E-state index >= 15 is 0 Å². The average Bonchev–Trinajstić information content (AvgIpc) is 3.02. The van der Waals surface area contributed by atoms with E-state index < -0.39 is 0 Å². The van der Waals surface area contributed by atoms with Gasteiger partial charge >= 0.3 is 0 Å². The fraction of sp³-hybridized carbons (Fsp3) is 0.625. The van der Waals surface area contributed by atoms with Gasteiger partial charge in [0.1, 0.15) is 17.7 Å². The van der Waals surface area contributed by atoms with E-state index in [0.29, 0.717) is 0 Å². The molecular weight excluding hydrogens is 308 g/mol. The van der Waals surface area contributed by atoms with E-state index in [4.69, 9.17) is 0 Å². The van der Waals surface area contributed by atoms with Gasteiger partial charge in [-0.1, -0.05) is 25.2 Å². The van der Waals surface area contributed by atoms with Gasteiger partial charge in [0.15, 0.2) is 0 Å². The molecule has 1 aliphatic heterocycles. The standard InChI is InChI=1S/C16H24N6S/c1-12(2)9-22-5-3-13(4-6-22)7-14-8-15(18-10-17-14)20-16-21-19-11-23-16/h8,10-13H,3-7,9H2,1-2H3,(H,17,18,20,21). The minimum atomic E-state index is 0.725. The highest BCUT2D eigenvalue weighted by Crippen LogP contribution is 2.23. The monoisotopic (exact) mass is 332 g/mol. The maximum atomic E-state index is 4.43. The van der Waals surface area contributed by atoms with Gasteiger partial charge in [0, 0.05) is 18.3 Å². The molecule has 3 rings (SSSR count). The van der Waals surface area contributed by atoms with Crippen LogP contribution in [0.25, 0.3) is 0 Å². The van der Waals surface area contributed by atoms with Gasteiger partial charge in [-0.05, 0) is 44.2 Å². The molecule has 1 aliphatic rings. The molecule has 0 bridgehead atoms. The number of hydrogen-bond donors (Lipinski definition) is 1. The van der Waals surface area contributed by atoms with Crippen molar-refractivity contribution in [2.45, 2.75) is 33.1 Å². The lowest BCUT2D eigenvalue weighted by Crippen LogP contribution is -2.36. The molecule has 124 valence electrons. The van der Waals surface area contributed by atoms with Crippen molar-refractivity contribution in [3.63, 3.8) is 0 Å². The van der Waals surface area contributed by atoms with Crippen LogP contribution in [0.4, 0.5) is 10.9 Å². The van der Waals surface area contributed by atoms with Crippen LogP contribution in [0.5, 0.6) is 0 Å². The molecule has 0 amide bonds. The Kier molecular flexibility index (Phi) is 5.51. The molecule has 1 fully saturated rings. The van der Waals surface area contributed by atoms with Crippen molar-refractivity contribution in [1.82, 2.24) is 25.1 Å². The molecule has 6 nitrogen and oxygen atoms in total.